The Bertz CT molecular complexity index is 603. The minimum absolute atomic E-state index is 0.0970. The van der Waals surface area contributed by atoms with Crippen LogP contribution < -0.4 is 0 Å². The Labute approximate surface area is 111 Å². The van der Waals surface area contributed by atoms with Crippen molar-refractivity contribution >= 4 is 5.97 Å². The number of carbonyl (C=O) groups is 1. The van der Waals surface area contributed by atoms with Gasteiger partial charge in [0.2, 0.25) is 0 Å². The van der Waals surface area contributed by atoms with Gasteiger partial charge in [-0.25, -0.2) is 4.79 Å². The number of carboxylic acid groups (broad SMARTS) is 1. The molecule has 0 aliphatic carbocycles. The first-order valence-electron chi connectivity index (χ1n) is 5.87. The van der Waals surface area contributed by atoms with Crippen molar-refractivity contribution in [1.82, 2.24) is 0 Å². The summed E-state index contributed by atoms with van der Waals surface area (Å²) in [5.41, 5.74) is 1.40. The summed E-state index contributed by atoms with van der Waals surface area (Å²) in [5, 5.41) is 19.1. The first-order chi connectivity index (χ1) is 9.15. The Hall–Kier alpha value is -2.55. The second kappa shape index (κ2) is 5.40. The Kier molecular flexibility index (Phi) is 3.66. The Balaban J connectivity index is 2.54. The smallest absolute Gasteiger partial charge is 0.339 e. The molecular formula is C16H14O3. The van der Waals surface area contributed by atoms with E-state index in [1.807, 2.05) is 30.3 Å². The fourth-order valence-electron chi connectivity index (χ4n) is 2.09. The number of hydrogen-bond acceptors (Lipinski definition) is 2. The highest BCUT2D eigenvalue weighted by Crippen LogP contribution is 2.34. The molecule has 0 bridgehead atoms. The highest BCUT2D eigenvalue weighted by Gasteiger charge is 2.19. The lowest BCUT2D eigenvalue weighted by atomic mass is 9.89. The van der Waals surface area contributed by atoms with Crippen LogP contribution in [0.1, 0.15) is 27.4 Å². The monoisotopic (exact) mass is 254 g/mol. The summed E-state index contributed by atoms with van der Waals surface area (Å²) in [6.07, 6.45) is 1.69. The maximum Gasteiger partial charge on any atom is 0.339 e. The normalized spacial score (nSPS) is 11.8. The lowest BCUT2D eigenvalue weighted by Gasteiger charge is -2.16. The van der Waals surface area contributed by atoms with Crippen LogP contribution in [0.15, 0.2) is 61.2 Å². The van der Waals surface area contributed by atoms with Gasteiger partial charge in [-0.05, 0) is 11.6 Å². The van der Waals surface area contributed by atoms with Crippen molar-refractivity contribution in [2.24, 2.45) is 0 Å². The average molecular weight is 254 g/mol. The van der Waals surface area contributed by atoms with Crippen LogP contribution in [-0.4, -0.2) is 16.2 Å². The number of allylic oxidation sites excluding steroid dienone is 1. The van der Waals surface area contributed by atoms with E-state index >= 15 is 0 Å². The fraction of sp³-hybridized carbons (Fsp3) is 0.0625. The Morgan fingerprint density at radius 2 is 1.79 bits per heavy atom. The zero-order valence-corrected chi connectivity index (χ0v) is 10.3. The molecule has 0 aliphatic heterocycles. The van der Waals surface area contributed by atoms with Gasteiger partial charge in [-0.3, -0.25) is 0 Å². The van der Waals surface area contributed by atoms with E-state index in [1.54, 1.807) is 18.2 Å². The first-order valence-corrected chi connectivity index (χ1v) is 5.87. The van der Waals surface area contributed by atoms with Crippen molar-refractivity contribution in [2.75, 3.05) is 0 Å². The first kappa shape index (κ1) is 12.9. The molecule has 0 aromatic heterocycles. The van der Waals surface area contributed by atoms with Gasteiger partial charge in [0.15, 0.2) is 0 Å². The molecule has 0 aliphatic rings. The summed E-state index contributed by atoms with van der Waals surface area (Å²) in [4.78, 5) is 11.0. The van der Waals surface area contributed by atoms with Gasteiger partial charge in [-0.1, -0.05) is 48.5 Å². The molecule has 19 heavy (non-hydrogen) atoms. The molecule has 0 amide bonds. The number of benzene rings is 2. The van der Waals surface area contributed by atoms with Crippen molar-refractivity contribution < 1.29 is 15.0 Å². The quantitative estimate of drug-likeness (QED) is 0.822. The van der Waals surface area contributed by atoms with Crippen molar-refractivity contribution in [3.63, 3.8) is 0 Å². The predicted molar refractivity (Wildman–Crippen MR) is 73.5 cm³/mol. The molecule has 3 nitrogen and oxygen atoms in total. The molecule has 0 fully saturated rings. The molecule has 2 N–H and O–H groups in total. The van der Waals surface area contributed by atoms with Gasteiger partial charge in [-0.15, -0.1) is 6.58 Å². The molecule has 2 rings (SSSR count). The maximum atomic E-state index is 11.0. The standard InChI is InChI=1S/C16H14O3/c1-2-12(11-7-4-3-5-8-11)13-9-6-10-14(15(13)17)16(18)19/h2-10,12,17H,1H2,(H,18,19). The molecule has 0 radical (unpaired) electrons. The summed E-state index contributed by atoms with van der Waals surface area (Å²) < 4.78 is 0. The van der Waals surface area contributed by atoms with Gasteiger partial charge in [-0.2, -0.15) is 0 Å². The molecule has 1 atom stereocenters. The predicted octanol–water partition coefficient (Wildman–Crippen LogP) is 3.41. The van der Waals surface area contributed by atoms with Crippen molar-refractivity contribution in [1.29, 1.82) is 0 Å². The highest BCUT2D eigenvalue weighted by molar-refractivity contribution is 5.91. The number of rotatable bonds is 4. The summed E-state index contributed by atoms with van der Waals surface area (Å²) in [5.74, 6) is -1.58. The van der Waals surface area contributed by atoms with Crippen LogP contribution in [0.5, 0.6) is 5.75 Å². The van der Waals surface area contributed by atoms with Crippen LogP contribution >= 0.6 is 0 Å². The van der Waals surface area contributed by atoms with Gasteiger partial charge in [0.05, 0.1) is 0 Å². The minimum atomic E-state index is -1.14. The number of para-hydroxylation sites is 1. The number of phenols is 1. The molecular weight excluding hydrogens is 240 g/mol. The highest BCUT2D eigenvalue weighted by atomic mass is 16.4. The molecule has 2 aromatic rings. The third-order valence-electron chi connectivity index (χ3n) is 3.03. The lowest BCUT2D eigenvalue weighted by molar-refractivity contribution is 0.0693. The minimum Gasteiger partial charge on any atom is -0.507 e. The molecule has 2 aromatic carbocycles. The van der Waals surface area contributed by atoms with Crippen LogP contribution in [0.2, 0.25) is 0 Å². The molecule has 0 saturated heterocycles. The molecule has 0 heterocycles. The molecule has 96 valence electrons. The topological polar surface area (TPSA) is 57.5 Å². The zero-order valence-electron chi connectivity index (χ0n) is 10.3. The Morgan fingerprint density at radius 3 is 2.37 bits per heavy atom. The van der Waals surface area contributed by atoms with Crippen LogP contribution in [0.25, 0.3) is 0 Å². The number of carboxylic acids is 1. The lowest BCUT2D eigenvalue weighted by Crippen LogP contribution is -2.03. The second-order valence-electron chi connectivity index (χ2n) is 4.17. The summed E-state index contributed by atoms with van der Waals surface area (Å²) >= 11 is 0. The molecule has 0 spiro atoms. The van der Waals surface area contributed by atoms with Crippen molar-refractivity contribution in [3.05, 3.63) is 77.9 Å². The van der Waals surface area contributed by atoms with E-state index in [9.17, 15) is 9.90 Å². The summed E-state index contributed by atoms with van der Waals surface area (Å²) in [7, 11) is 0. The van der Waals surface area contributed by atoms with Gasteiger partial charge < -0.3 is 10.2 Å². The maximum absolute atomic E-state index is 11.0. The third-order valence-corrected chi connectivity index (χ3v) is 3.03. The van der Waals surface area contributed by atoms with Gasteiger partial charge >= 0.3 is 5.97 Å². The van der Waals surface area contributed by atoms with E-state index in [0.717, 1.165) is 5.56 Å². The summed E-state index contributed by atoms with van der Waals surface area (Å²) in [6, 6.07) is 14.2. The molecule has 1 unspecified atom stereocenters. The van der Waals surface area contributed by atoms with E-state index in [1.165, 1.54) is 6.07 Å². The molecule has 3 heteroatoms. The largest absolute Gasteiger partial charge is 0.507 e. The van der Waals surface area contributed by atoms with Crippen LogP contribution in [0, 0.1) is 0 Å². The fourth-order valence-corrected chi connectivity index (χ4v) is 2.09. The SMILES string of the molecule is C=CC(c1ccccc1)c1cccc(C(=O)O)c1O. The third kappa shape index (κ3) is 2.50. The van der Waals surface area contributed by atoms with Crippen LogP contribution in [0.4, 0.5) is 0 Å². The second-order valence-corrected chi connectivity index (χ2v) is 4.17. The van der Waals surface area contributed by atoms with Crippen LogP contribution in [-0.2, 0) is 0 Å². The van der Waals surface area contributed by atoms with Gasteiger partial charge in [0.25, 0.3) is 0 Å². The zero-order chi connectivity index (χ0) is 13.8. The Morgan fingerprint density at radius 1 is 1.11 bits per heavy atom. The van der Waals surface area contributed by atoms with Crippen molar-refractivity contribution in [2.45, 2.75) is 5.92 Å². The number of aromatic hydroxyl groups is 1. The van der Waals surface area contributed by atoms with Gasteiger partial charge in [0.1, 0.15) is 11.3 Å². The number of hydrogen-bond donors (Lipinski definition) is 2. The van der Waals surface area contributed by atoms with E-state index in [2.05, 4.69) is 6.58 Å². The van der Waals surface area contributed by atoms with E-state index in [4.69, 9.17) is 5.11 Å². The van der Waals surface area contributed by atoms with E-state index in [-0.39, 0.29) is 17.2 Å². The average Bonchev–Trinajstić information content (AvgIpc) is 2.42. The van der Waals surface area contributed by atoms with Crippen molar-refractivity contribution in [3.8, 4) is 5.75 Å². The van der Waals surface area contributed by atoms with Crippen LogP contribution in [0.3, 0.4) is 0 Å². The van der Waals surface area contributed by atoms with Gasteiger partial charge in [0, 0.05) is 11.5 Å². The number of aromatic carboxylic acids is 1. The summed E-state index contributed by atoms with van der Waals surface area (Å²) in [6.45, 7) is 3.77. The van der Waals surface area contributed by atoms with E-state index in [0.29, 0.717) is 5.56 Å². The van der Waals surface area contributed by atoms with E-state index < -0.39 is 5.97 Å². The molecule has 0 saturated carbocycles.